The molecule has 2 aromatic rings. The van der Waals surface area contributed by atoms with Crippen molar-refractivity contribution in [2.24, 2.45) is 0 Å². The van der Waals surface area contributed by atoms with Crippen LogP contribution in [0.15, 0.2) is 47.5 Å². The Morgan fingerprint density at radius 1 is 0.962 bits per heavy atom. The lowest BCUT2D eigenvalue weighted by Crippen LogP contribution is -2.31. The topological polar surface area (TPSA) is 66.5 Å². The van der Waals surface area contributed by atoms with E-state index in [1.807, 2.05) is 0 Å². The fraction of sp³-hybridized carbons (Fsp3) is 0.0556. The van der Waals surface area contributed by atoms with Crippen LogP contribution in [0.2, 0.25) is 10.0 Å². The van der Waals surface area contributed by atoms with Gasteiger partial charge in [-0.25, -0.2) is 4.90 Å². The number of carbonyl (C=O) groups is 3. The molecule has 3 amide bonds. The Bertz CT molecular complexity index is 968. The fourth-order valence-electron chi connectivity index (χ4n) is 2.55. The summed E-state index contributed by atoms with van der Waals surface area (Å²) in [5.41, 5.74) is 1.23. The number of hydrogen-bond donors (Lipinski definition) is 1. The van der Waals surface area contributed by atoms with Crippen molar-refractivity contribution < 1.29 is 14.4 Å². The van der Waals surface area contributed by atoms with Crippen molar-refractivity contribution >= 4 is 69.5 Å². The number of rotatable bonds is 3. The largest absolute Gasteiger partial charge is 0.326 e. The van der Waals surface area contributed by atoms with Crippen molar-refractivity contribution in [1.82, 2.24) is 0 Å². The third kappa shape index (κ3) is 3.33. The van der Waals surface area contributed by atoms with Gasteiger partial charge in [-0.15, -0.1) is 0 Å². The molecule has 2 aromatic carbocycles. The first-order valence-corrected chi connectivity index (χ1v) is 8.54. The molecule has 0 aromatic heterocycles. The zero-order valence-corrected chi connectivity index (χ0v) is 15.6. The minimum Gasteiger partial charge on any atom is -0.326 e. The van der Waals surface area contributed by atoms with Crippen molar-refractivity contribution in [2.75, 3.05) is 10.2 Å². The van der Waals surface area contributed by atoms with E-state index in [1.54, 1.807) is 30.3 Å². The number of anilines is 2. The molecule has 0 radical (unpaired) electrons. The molecule has 8 heteroatoms. The first-order chi connectivity index (χ1) is 12.3. The number of benzene rings is 2. The van der Waals surface area contributed by atoms with Crippen molar-refractivity contribution in [1.29, 1.82) is 0 Å². The number of hydrogen-bond acceptors (Lipinski definition) is 3. The van der Waals surface area contributed by atoms with E-state index in [-0.39, 0.29) is 27.2 Å². The first kappa shape index (κ1) is 18.5. The Hall–Kier alpha value is -2.34. The summed E-state index contributed by atoms with van der Waals surface area (Å²) in [4.78, 5) is 37.4. The predicted molar refractivity (Wildman–Crippen MR) is 102 cm³/mol. The van der Waals surface area contributed by atoms with E-state index in [4.69, 9.17) is 34.8 Å². The Labute approximate surface area is 164 Å². The number of imide groups is 1. The summed E-state index contributed by atoms with van der Waals surface area (Å²) in [6, 6.07) is 10.9. The highest BCUT2D eigenvalue weighted by Crippen LogP contribution is 2.38. The van der Waals surface area contributed by atoms with Crippen LogP contribution >= 0.6 is 34.8 Å². The lowest BCUT2D eigenvalue weighted by molar-refractivity contribution is -0.120. The molecular formula is C18H11Cl3N2O3. The molecule has 1 N–H and O–H groups in total. The van der Waals surface area contributed by atoms with Crippen LogP contribution in [0.25, 0.3) is 5.57 Å². The lowest BCUT2D eigenvalue weighted by Gasteiger charge is -2.16. The molecular weight excluding hydrogens is 399 g/mol. The van der Waals surface area contributed by atoms with Crippen LogP contribution in [-0.2, 0) is 14.4 Å². The van der Waals surface area contributed by atoms with Crippen LogP contribution in [0.4, 0.5) is 11.4 Å². The third-order valence-corrected chi connectivity index (χ3v) is 4.58. The van der Waals surface area contributed by atoms with E-state index in [1.165, 1.54) is 19.1 Å². The van der Waals surface area contributed by atoms with Crippen molar-refractivity contribution in [2.45, 2.75) is 6.92 Å². The summed E-state index contributed by atoms with van der Waals surface area (Å²) >= 11 is 18.2. The molecule has 0 aliphatic carbocycles. The lowest BCUT2D eigenvalue weighted by atomic mass is 10.1. The van der Waals surface area contributed by atoms with Crippen molar-refractivity contribution in [3.05, 3.63) is 63.1 Å². The van der Waals surface area contributed by atoms with E-state index in [0.717, 1.165) is 4.90 Å². The molecule has 132 valence electrons. The quantitative estimate of drug-likeness (QED) is 0.760. The van der Waals surface area contributed by atoms with Gasteiger partial charge in [0, 0.05) is 17.6 Å². The normalized spacial score (nSPS) is 14.2. The molecule has 0 atom stereocenters. The van der Waals surface area contributed by atoms with E-state index >= 15 is 0 Å². The average Bonchev–Trinajstić information content (AvgIpc) is 2.80. The number of nitrogens with zero attached hydrogens (tertiary/aromatic N) is 1. The van der Waals surface area contributed by atoms with Gasteiger partial charge < -0.3 is 5.32 Å². The van der Waals surface area contributed by atoms with E-state index in [0.29, 0.717) is 16.3 Å². The van der Waals surface area contributed by atoms with Gasteiger partial charge in [-0.1, -0.05) is 46.9 Å². The van der Waals surface area contributed by atoms with Gasteiger partial charge >= 0.3 is 0 Å². The third-order valence-electron chi connectivity index (χ3n) is 3.67. The Morgan fingerprint density at radius 2 is 1.62 bits per heavy atom. The van der Waals surface area contributed by atoms with Gasteiger partial charge in [0.05, 0.1) is 16.3 Å². The van der Waals surface area contributed by atoms with E-state index in [9.17, 15) is 14.4 Å². The van der Waals surface area contributed by atoms with Gasteiger partial charge in [0.25, 0.3) is 11.8 Å². The second-order valence-electron chi connectivity index (χ2n) is 5.49. The van der Waals surface area contributed by atoms with Crippen LogP contribution < -0.4 is 10.2 Å². The zero-order chi connectivity index (χ0) is 19.0. The van der Waals surface area contributed by atoms with Gasteiger partial charge in [-0.2, -0.15) is 0 Å². The van der Waals surface area contributed by atoms with Gasteiger partial charge in [0.2, 0.25) is 5.91 Å². The van der Waals surface area contributed by atoms with E-state index in [2.05, 4.69) is 5.32 Å². The highest BCUT2D eigenvalue weighted by atomic mass is 35.5. The maximum Gasteiger partial charge on any atom is 0.277 e. The first-order valence-electron chi connectivity index (χ1n) is 7.41. The maximum absolute atomic E-state index is 12.8. The molecule has 0 fully saturated rings. The second-order valence-corrected chi connectivity index (χ2v) is 6.71. The Balaban J connectivity index is 1.99. The summed E-state index contributed by atoms with van der Waals surface area (Å²) < 4.78 is 0. The number of amides is 3. The maximum atomic E-state index is 12.8. The van der Waals surface area contributed by atoms with Gasteiger partial charge in [-0.05, 0) is 35.9 Å². The second kappa shape index (κ2) is 7.11. The standard InChI is InChI=1S/C18H11Cl3N2O3/c1-9(24)22-12-5-2-10(3-6-12)15-16(21)18(26)23(17(15)25)14-8-11(19)4-7-13(14)20/h2-8H,1H3,(H,22,24). The molecule has 0 saturated carbocycles. The Morgan fingerprint density at radius 3 is 2.23 bits per heavy atom. The number of nitrogens with one attached hydrogen (secondary N) is 1. The monoisotopic (exact) mass is 408 g/mol. The summed E-state index contributed by atoms with van der Waals surface area (Å²) in [5.74, 6) is -1.50. The van der Waals surface area contributed by atoms with Crippen molar-refractivity contribution in [3.8, 4) is 0 Å². The van der Waals surface area contributed by atoms with Crippen LogP contribution in [0.3, 0.4) is 0 Å². The summed E-state index contributed by atoms with van der Waals surface area (Å²) in [5, 5.41) is 2.93. The minimum atomic E-state index is -0.679. The highest BCUT2D eigenvalue weighted by molar-refractivity contribution is 6.60. The van der Waals surface area contributed by atoms with Crippen LogP contribution in [-0.4, -0.2) is 17.7 Å². The van der Waals surface area contributed by atoms with Gasteiger partial charge in [0.15, 0.2) is 0 Å². The van der Waals surface area contributed by atoms with Crippen LogP contribution in [0, 0.1) is 0 Å². The summed E-state index contributed by atoms with van der Waals surface area (Å²) in [6.45, 7) is 1.39. The summed E-state index contributed by atoms with van der Waals surface area (Å²) in [7, 11) is 0. The van der Waals surface area contributed by atoms with Crippen LogP contribution in [0.1, 0.15) is 12.5 Å². The average molecular weight is 410 g/mol. The van der Waals surface area contributed by atoms with Crippen molar-refractivity contribution in [3.63, 3.8) is 0 Å². The van der Waals surface area contributed by atoms with Gasteiger partial charge in [-0.3, -0.25) is 14.4 Å². The van der Waals surface area contributed by atoms with E-state index < -0.39 is 11.8 Å². The molecule has 3 rings (SSSR count). The molecule has 1 aliphatic heterocycles. The number of halogens is 3. The number of carbonyl (C=O) groups excluding carboxylic acids is 3. The Kier molecular flexibility index (Phi) is 5.05. The summed E-state index contributed by atoms with van der Waals surface area (Å²) in [6.07, 6.45) is 0. The molecule has 0 saturated heterocycles. The predicted octanol–water partition coefficient (Wildman–Crippen LogP) is 4.48. The molecule has 1 heterocycles. The SMILES string of the molecule is CC(=O)Nc1ccc(C2=C(Cl)C(=O)N(c3cc(Cl)ccc3Cl)C2=O)cc1. The van der Waals surface area contributed by atoms with Gasteiger partial charge in [0.1, 0.15) is 5.03 Å². The molecule has 1 aliphatic rings. The molecule has 5 nitrogen and oxygen atoms in total. The zero-order valence-electron chi connectivity index (χ0n) is 13.3. The minimum absolute atomic E-state index is 0.0575. The smallest absolute Gasteiger partial charge is 0.277 e. The molecule has 26 heavy (non-hydrogen) atoms. The molecule has 0 unspecified atom stereocenters. The fourth-order valence-corrected chi connectivity index (χ4v) is 3.20. The van der Waals surface area contributed by atoms with Crippen LogP contribution in [0.5, 0.6) is 0 Å². The molecule has 0 spiro atoms. The molecule has 0 bridgehead atoms. The highest BCUT2D eigenvalue weighted by Gasteiger charge is 2.40.